The van der Waals surface area contributed by atoms with Gasteiger partial charge in [-0.2, -0.15) is 0 Å². The molecule has 0 radical (unpaired) electrons. The molecule has 4 rings (SSSR count). The lowest BCUT2D eigenvalue weighted by molar-refractivity contribution is -0.384. The summed E-state index contributed by atoms with van der Waals surface area (Å²) in [5.74, 6) is 0.453. The van der Waals surface area contributed by atoms with Crippen molar-refractivity contribution in [2.75, 3.05) is 11.1 Å². The second-order valence-electron chi connectivity index (χ2n) is 7.17. The van der Waals surface area contributed by atoms with Crippen LogP contribution in [-0.4, -0.2) is 31.3 Å². The molecule has 1 N–H and O–H groups in total. The van der Waals surface area contributed by atoms with Gasteiger partial charge in [0.1, 0.15) is 0 Å². The number of hydrogen-bond donors (Lipinski definition) is 1. The number of amides is 1. The number of nitrogens with one attached hydrogen (secondary N) is 1. The molecular formula is C21H18ClN5O3S2. The van der Waals surface area contributed by atoms with Gasteiger partial charge in [0.15, 0.2) is 11.0 Å². The number of halogens is 1. The van der Waals surface area contributed by atoms with Crippen molar-refractivity contribution in [1.29, 1.82) is 0 Å². The number of anilines is 1. The van der Waals surface area contributed by atoms with E-state index in [2.05, 4.69) is 33.0 Å². The fraction of sp³-hybridized carbons (Fsp3) is 0.190. The maximum absolute atomic E-state index is 12.5. The normalized spacial score (nSPS) is 11.2. The fourth-order valence-corrected chi connectivity index (χ4v) is 5.19. The van der Waals surface area contributed by atoms with E-state index in [1.54, 1.807) is 11.3 Å². The molecule has 0 spiro atoms. The molecule has 11 heteroatoms. The number of thioether (sulfide) groups is 1. The van der Waals surface area contributed by atoms with E-state index in [1.165, 1.54) is 34.7 Å². The van der Waals surface area contributed by atoms with Crippen molar-refractivity contribution >= 4 is 62.1 Å². The second kappa shape index (κ2) is 9.27. The molecule has 2 aromatic carbocycles. The lowest BCUT2D eigenvalue weighted by Crippen LogP contribution is -2.15. The summed E-state index contributed by atoms with van der Waals surface area (Å²) in [5.41, 5.74) is 1.05. The molecule has 0 fully saturated rings. The molecule has 0 aliphatic carbocycles. The van der Waals surface area contributed by atoms with Gasteiger partial charge < -0.3 is 5.32 Å². The van der Waals surface area contributed by atoms with Crippen LogP contribution >= 0.6 is 34.7 Å². The summed E-state index contributed by atoms with van der Waals surface area (Å²) in [6, 6.07) is 12.1. The Labute approximate surface area is 196 Å². The molecule has 0 aliphatic rings. The summed E-state index contributed by atoms with van der Waals surface area (Å²) in [5, 5.41) is 26.4. The maximum atomic E-state index is 12.5. The Morgan fingerprint density at radius 1 is 1.28 bits per heavy atom. The monoisotopic (exact) mass is 487 g/mol. The van der Waals surface area contributed by atoms with Gasteiger partial charge in [-0.3, -0.25) is 19.5 Å². The Balaban J connectivity index is 1.54. The van der Waals surface area contributed by atoms with Crippen LogP contribution in [0.2, 0.25) is 5.02 Å². The van der Waals surface area contributed by atoms with Gasteiger partial charge in [0.2, 0.25) is 5.91 Å². The minimum absolute atomic E-state index is 0.0499. The van der Waals surface area contributed by atoms with Crippen molar-refractivity contribution in [2.45, 2.75) is 25.0 Å². The van der Waals surface area contributed by atoms with Gasteiger partial charge in [0.05, 0.1) is 21.4 Å². The number of nitro benzene ring substituents is 1. The van der Waals surface area contributed by atoms with Gasteiger partial charge in [-0.1, -0.05) is 41.6 Å². The van der Waals surface area contributed by atoms with Crippen molar-refractivity contribution in [1.82, 2.24) is 14.8 Å². The van der Waals surface area contributed by atoms with Gasteiger partial charge in [-0.15, -0.1) is 21.5 Å². The van der Waals surface area contributed by atoms with E-state index in [0.717, 1.165) is 16.8 Å². The molecular weight excluding hydrogens is 470 g/mol. The maximum Gasteiger partial charge on any atom is 0.271 e. The summed E-state index contributed by atoms with van der Waals surface area (Å²) >= 11 is 8.96. The van der Waals surface area contributed by atoms with Gasteiger partial charge in [0.25, 0.3) is 5.69 Å². The average Bonchev–Trinajstić information content (AvgIpc) is 3.37. The van der Waals surface area contributed by atoms with E-state index in [1.807, 2.05) is 30.5 Å². The van der Waals surface area contributed by atoms with Crippen LogP contribution in [0.4, 0.5) is 11.4 Å². The van der Waals surface area contributed by atoms with Crippen molar-refractivity contribution in [3.05, 3.63) is 63.0 Å². The zero-order valence-electron chi connectivity index (χ0n) is 17.1. The quantitative estimate of drug-likeness (QED) is 0.194. The first-order valence-electron chi connectivity index (χ1n) is 9.63. The van der Waals surface area contributed by atoms with Crippen LogP contribution < -0.4 is 5.32 Å². The molecule has 32 heavy (non-hydrogen) atoms. The smallest absolute Gasteiger partial charge is 0.271 e. The van der Waals surface area contributed by atoms with Crippen LogP contribution in [0.15, 0.2) is 53.0 Å². The van der Waals surface area contributed by atoms with Gasteiger partial charge in [0, 0.05) is 39.2 Å². The van der Waals surface area contributed by atoms with Crippen LogP contribution in [0.25, 0.3) is 21.5 Å². The number of benzene rings is 2. The largest absolute Gasteiger partial charge is 0.324 e. The minimum atomic E-state index is -0.540. The summed E-state index contributed by atoms with van der Waals surface area (Å²) in [6.45, 7) is 4.07. The molecule has 8 nitrogen and oxygen atoms in total. The topological polar surface area (TPSA) is 103 Å². The van der Waals surface area contributed by atoms with Crippen LogP contribution in [0.3, 0.4) is 0 Å². The van der Waals surface area contributed by atoms with Crippen molar-refractivity contribution in [3.8, 4) is 11.4 Å². The van der Waals surface area contributed by atoms with Crippen LogP contribution in [0.5, 0.6) is 0 Å². The van der Waals surface area contributed by atoms with Crippen LogP contribution in [0.1, 0.15) is 19.9 Å². The molecule has 0 atom stereocenters. The Morgan fingerprint density at radius 2 is 2.06 bits per heavy atom. The highest BCUT2D eigenvalue weighted by Crippen LogP contribution is 2.36. The predicted molar refractivity (Wildman–Crippen MR) is 129 cm³/mol. The highest BCUT2D eigenvalue weighted by molar-refractivity contribution is 7.99. The fourth-order valence-electron chi connectivity index (χ4n) is 3.21. The van der Waals surface area contributed by atoms with E-state index in [9.17, 15) is 14.9 Å². The van der Waals surface area contributed by atoms with Crippen LogP contribution in [-0.2, 0) is 4.79 Å². The molecule has 4 aromatic rings. The third-order valence-corrected chi connectivity index (χ3v) is 6.91. The number of fused-ring (bicyclic) bond motifs is 1. The third-order valence-electron chi connectivity index (χ3n) is 4.67. The predicted octanol–water partition coefficient (Wildman–Crippen LogP) is 6.03. The molecule has 0 saturated carbocycles. The molecule has 1 amide bonds. The first-order chi connectivity index (χ1) is 15.3. The summed E-state index contributed by atoms with van der Waals surface area (Å²) in [7, 11) is 0. The van der Waals surface area contributed by atoms with Gasteiger partial charge in [-0.25, -0.2) is 0 Å². The standard InChI is InChI=1S/C21H18ClN5O3S2/c1-12(2)26-20(15-10-31-18-6-4-3-5-14(15)18)24-25-21(26)32-11-19(28)23-17-9-13(27(29)30)7-8-16(17)22/h3-10,12H,11H2,1-2H3,(H,23,28). The number of carbonyl (C=O) groups is 1. The highest BCUT2D eigenvalue weighted by atomic mass is 35.5. The molecule has 0 saturated heterocycles. The number of nitro groups is 1. The van der Waals surface area contributed by atoms with E-state index in [4.69, 9.17) is 11.6 Å². The van der Waals surface area contributed by atoms with Gasteiger partial charge >= 0.3 is 0 Å². The lowest BCUT2D eigenvalue weighted by Gasteiger charge is -2.13. The number of rotatable bonds is 7. The molecule has 0 bridgehead atoms. The van der Waals surface area contributed by atoms with E-state index in [-0.39, 0.29) is 34.1 Å². The summed E-state index contributed by atoms with van der Waals surface area (Å²) < 4.78 is 3.18. The summed E-state index contributed by atoms with van der Waals surface area (Å²) in [4.78, 5) is 22.9. The first kappa shape index (κ1) is 22.3. The SMILES string of the molecule is CC(C)n1c(SCC(=O)Nc2cc([N+](=O)[O-])ccc2Cl)nnc1-c1csc2ccccc12. The molecule has 2 aromatic heterocycles. The number of aromatic nitrogens is 3. The number of nitrogens with zero attached hydrogens (tertiary/aromatic N) is 4. The first-order valence-corrected chi connectivity index (χ1v) is 11.9. The second-order valence-corrected chi connectivity index (χ2v) is 9.43. The number of hydrogen-bond acceptors (Lipinski definition) is 7. The number of carbonyl (C=O) groups excluding carboxylic acids is 1. The number of thiophene rings is 1. The zero-order valence-corrected chi connectivity index (χ0v) is 19.5. The van der Waals surface area contributed by atoms with Crippen molar-refractivity contribution in [3.63, 3.8) is 0 Å². The molecule has 2 heterocycles. The Kier molecular flexibility index (Phi) is 6.45. The minimum Gasteiger partial charge on any atom is -0.324 e. The Hall–Kier alpha value is -2.95. The average molecular weight is 488 g/mol. The van der Waals surface area contributed by atoms with E-state index < -0.39 is 4.92 Å². The van der Waals surface area contributed by atoms with E-state index in [0.29, 0.717) is 5.16 Å². The Morgan fingerprint density at radius 3 is 2.81 bits per heavy atom. The zero-order chi connectivity index (χ0) is 22.8. The van der Waals surface area contributed by atoms with Crippen molar-refractivity contribution in [2.24, 2.45) is 0 Å². The summed E-state index contributed by atoms with van der Waals surface area (Å²) in [6.07, 6.45) is 0. The van der Waals surface area contributed by atoms with E-state index >= 15 is 0 Å². The van der Waals surface area contributed by atoms with Crippen LogP contribution in [0, 0.1) is 10.1 Å². The lowest BCUT2D eigenvalue weighted by atomic mass is 10.1. The molecule has 164 valence electrons. The molecule has 0 unspecified atom stereocenters. The highest BCUT2D eigenvalue weighted by Gasteiger charge is 2.20. The third kappa shape index (κ3) is 4.47. The van der Waals surface area contributed by atoms with Crippen molar-refractivity contribution < 1.29 is 9.72 Å². The number of non-ortho nitro benzene ring substituents is 1. The van der Waals surface area contributed by atoms with Gasteiger partial charge in [-0.05, 0) is 26.0 Å². The Bertz CT molecular complexity index is 1320. The molecule has 0 aliphatic heterocycles.